The molecule has 0 aliphatic heterocycles. The summed E-state index contributed by atoms with van der Waals surface area (Å²) in [5.74, 6) is 0. The minimum Gasteiger partial charge on any atom is -0.389 e. The van der Waals surface area contributed by atoms with Crippen LogP contribution in [0.1, 0.15) is 16.7 Å². The first-order valence-electron chi connectivity index (χ1n) is 6.20. The molecular formula is C16H18N2S. The number of nitrogens with two attached hydrogens (primary N) is 1. The molecule has 0 unspecified atom stereocenters. The van der Waals surface area contributed by atoms with Gasteiger partial charge in [-0.25, -0.2) is 0 Å². The van der Waals surface area contributed by atoms with Crippen LogP contribution < -0.4 is 10.6 Å². The Morgan fingerprint density at radius 3 is 2.21 bits per heavy atom. The molecule has 2 rings (SSSR count). The number of hydrogen-bond acceptors (Lipinski definition) is 2. The first kappa shape index (κ1) is 13.6. The van der Waals surface area contributed by atoms with Crippen molar-refractivity contribution in [1.29, 1.82) is 0 Å². The van der Waals surface area contributed by atoms with Crippen molar-refractivity contribution in [3.8, 4) is 0 Å². The van der Waals surface area contributed by atoms with E-state index < -0.39 is 0 Å². The van der Waals surface area contributed by atoms with Crippen LogP contribution >= 0.6 is 12.2 Å². The van der Waals surface area contributed by atoms with Crippen molar-refractivity contribution in [2.75, 3.05) is 11.9 Å². The zero-order valence-electron chi connectivity index (χ0n) is 11.5. The van der Waals surface area contributed by atoms with Gasteiger partial charge in [0.2, 0.25) is 0 Å². The minimum absolute atomic E-state index is 0.431. The van der Waals surface area contributed by atoms with E-state index in [1.165, 1.54) is 16.8 Å². The predicted octanol–water partition coefficient (Wildman–Crippen LogP) is 3.71. The van der Waals surface area contributed by atoms with Gasteiger partial charge in [-0.2, -0.15) is 0 Å². The normalized spacial score (nSPS) is 10.3. The Labute approximate surface area is 119 Å². The lowest BCUT2D eigenvalue weighted by Crippen LogP contribution is -2.12. The zero-order chi connectivity index (χ0) is 14.0. The molecule has 2 aromatic rings. The molecule has 2 N–H and O–H groups in total. The van der Waals surface area contributed by atoms with Gasteiger partial charge in [0.05, 0.1) is 0 Å². The Balaban J connectivity index is 2.33. The van der Waals surface area contributed by atoms with Crippen molar-refractivity contribution in [2.45, 2.75) is 13.8 Å². The van der Waals surface area contributed by atoms with Gasteiger partial charge in [0.1, 0.15) is 4.99 Å². The number of nitrogens with zero attached hydrogens (tertiary/aromatic N) is 1. The van der Waals surface area contributed by atoms with Gasteiger partial charge in [-0.1, -0.05) is 29.9 Å². The molecule has 3 heteroatoms. The van der Waals surface area contributed by atoms with Gasteiger partial charge in [-0.15, -0.1) is 0 Å². The zero-order valence-corrected chi connectivity index (χ0v) is 12.3. The molecule has 0 atom stereocenters. The van der Waals surface area contributed by atoms with E-state index in [2.05, 4.69) is 44.0 Å². The average molecular weight is 270 g/mol. The third-order valence-corrected chi connectivity index (χ3v) is 3.49. The van der Waals surface area contributed by atoms with Gasteiger partial charge >= 0.3 is 0 Å². The summed E-state index contributed by atoms with van der Waals surface area (Å²) in [6.07, 6.45) is 0. The smallest absolute Gasteiger partial charge is 0.103 e. The van der Waals surface area contributed by atoms with Crippen molar-refractivity contribution in [2.24, 2.45) is 5.73 Å². The van der Waals surface area contributed by atoms with Gasteiger partial charge in [-0.05, 0) is 49.7 Å². The van der Waals surface area contributed by atoms with E-state index in [0.717, 1.165) is 11.3 Å². The highest BCUT2D eigenvalue weighted by atomic mass is 32.1. The molecule has 0 bridgehead atoms. The van der Waals surface area contributed by atoms with Crippen LogP contribution in [0.5, 0.6) is 0 Å². The van der Waals surface area contributed by atoms with Gasteiger partial charge < -0.3 is 10.6 Å². The summed E-state index contributed by atoms with van der Waals surface area (Å²) in [5, 5.41) is 0. The molecule has 2 aromatic carbocycles. The second-order valence-electron chi connectivity index (χ2n) is 4.76. The van der Waals surface area contributed by atoms with E-state index in [4.69, 9.17) is 18.0 Å². The molecule has 0 saturated heterocycles. The Bertz CT molecular complexity index is 603. The molecule has 19 heavy (non-hydrogen) atoms. The van der Waals surface area contributed by atoms with Crippen LogP contribution in [0, 0.1) is 13.8 Å². The van der Waals surface area contributed by atoms with Crippen molar-refractivity contribution in [3.05, 3.63) is 59.2 Å². The summed E-state index contributed by atoms with van der Waals surface area (Å²) in [5.41, 5.74) is 11.4. The summed E-state index contributed by atoms with van der Waals surface area (Å²) < 4.78 is 0. The third-order valence-electron chi connectivity index (χ3n) is 3.25. The summed E-state index contributed by atoms with van der Waals surface area (Å²) >= 11 is 4.96. The second kappa shape index (κ2) is 5.41. The summed E-state index contributed by atoms with van der Waals surface area (Å²) in [4.78, 5) is 2.60. The Morgan fingerprint density at radius 1 is 1.05 bits per heavy atom. The largest absolute Gasteiger partial charge is 0.389 e. The second-order valence-corrected chi connectivity index (χ2v) is 5.20. The molecule has 0 amide bonds. The number of thiocarbonyl (C=S) groups is 1. The molecule has 0 aliphatic carbocycles. The molecule has 0 heterocycles. The molecule has 0 spiro atoms. The van der Waals surface area contributed by atoms with Crippen molar-refractivity contribution >= 4 is 28.6 Å². The van der Waals surface area contributed by atoms with Gasteiger partial charge in [0.15, 0.2) is 0 Å². The van der Waals surface area contributed by atoms with Crippen LogP contribution in [0.2, 0.25) is 0 Å². The lowest BCUT2D eigenvalue weighted by Gasteiger charge is -2.22. The van der Waals surface area contributed by atoms with Crippen molar-refractivity contribution in [3.63, 3.8) is 0 Å². The lowest BCUT2D eigenvalue weighted by molar-refractivity contribution is 1.18. The fourth-order valence-corrected chi connectivity index (χ4v) is 2.31. The summed E-state index contributed by atoms with van der Waals surface area (Å²) in [6, 6.07) is 14.4. The minimum atomic E-state index is 0.431. The Kier molecular flexibility index (Phi) is 3.86. The topological polar surface area (TPSA) is 29.3 Å². The monoisotopic (exact) mass is 270 g/mol. The standard InChI is InChI=1S/C16H18N2S/c1-11-4-9-15(12(2)10-11)18(3)14-7-5-13(6-8-14)16(17)19/h4-10H,1-3H3,(H2,17,19). The van der Waals surface area contributed by atoms with Crippen LogP contribution in [0.15, 0.2) is 42.5 Å². The fraction of sp³-hybridized carbons (Fsp3) is 0.188. The Hall–Kier alpha value is -1.87. The maximum Gasteiger partial charge on any atom is 0.103 e. The average Bonchev–Trinajstić information content (AvgIpc) is 2.38. The maximum atomic E-state index is 5.61. The van der Waals surface area contributed by atoms with Crippen LogP contribution in [0.4, 0.5) is 11.4 Å². The summed E-state index contributed by atoms with van der Waals surface area (Å²) in [6.45, 7) is 4.23. The van der Waals surface area contributed by atoms with Crippen molar-refractivity contribution in [1.82, 2.24) is 0 Å². The lowest BCUT2D eigenvalue weighted by atomic mass is 10.1. The number of rotatable bonds is 3. The molecule has 0 saturated carbocycles. The summed E-state index contributed by atoms with van der Waals surface area (Å²) in [7, 11) is 2.06. The van der Waals surface area contributed by atoms with Crippen molar-refractivity contribution < 1.29 is 0 Å². The third kappa shape index (κ3) is 2.93. The molecular weight excluding hydrogens is 252 g/mol. The fourth-order valence-electron chi connectivity index (χ4n) is 2.17. The number of anilines is 2. The number of hydrogen-bond donors (Lipinski definition) is 1. The van der Waals surface area contributed by atoms with Crippen LogP contribution in [0.25, 0.3) is 0 Å². The molecule has 0 radical (unpaired) electrons. The van der Waals surface area contributed by atoms with E-state index >= 15 is 0 Å². The first-order chi connectivity index (χ1) is 8.99. The highest BCUT2D eigenvalue weighted by Gasteiger charge is 2.07. The molecule has 0 aromatic heterocycles. The number of benzene rings is 2. The van der Waals surface area contributed by atoms with Crippen LogP contribution in [-0.2, 0) is 0 Å². The SMILES string of the molecule is Cc1ccc(N(C)c2ccc(C(N)=S)cc2)c(C)c1. The molecule has 0 fully saturated rings. The van der Waals surface area contributed by atoms with E-state index in [0.29, 0.717) is 4.99 Å². The van der Waals surface area contributed by atoms with Gasteiger partial charge in [0.25, 0.3) is 0 Å². The van der Waals surface area contributed by atoms with Crippen LogP contribution in [0.3, 0.4) is 0 Å². The molecule has 98 valence electrons. The predicted molar refractivity (Wildman–Crippen MR) is 86.3 cm³/mol. The molecule has 0 aliphatic rings. The highest BCUT2D eigenvalue weighted by Crippen LogP contribution is 2.27. The first-order valence-corrected chi connectivity index (χ1v) is 6.60. The van der Waals surface area contributed by atoms with E-state index in [1.54, 1.807) is 0 Å². The maximum absolute atomic E-state index is 5.61. The van der Waals surface area contributed by atoms with E-state index in [1.807, 2.05) is 24.3 Å². The van der Waals surface area contributed by atoms with Gasteiger partial charge in [0, 0.05) is 24.0 Å². The molecule has 2 nitrogen and oxygen atoms in total. The number of aryl methyl sites for hydroxylation is 2. The van der Waals surface area contributed by atoms with Crippen LogP contribution in [-0.4, -0.2) is 12.0 Å². The quantitative estimate of drug-likeness (QED) is 0.862. The van der Waals surface area contributed by atoms with E-state index in [-0.39, 0.29) is 0 Å². The Morgan fingerprint density at radius 2 is 1.68 bits per heavy atom. The van der Waals surface area contributed by atoms with Gasteiger partial charge in [-0.3, -0.25) is 0 Å². The van der Waals surface area contributed by atoms with E-state index in [9.17, 15) is 0 Å². The highest BCUT2D eigenvalue weighted by molar-refractivity contribution is 7.80.